The van der Waals surface area contributed by atoms with Gasteiger partial charge in [-0.1, -0.05) is 26.0 Å². The summed E-state index contributed by atoms with van der Waals surface area (Å²) in [4.78, 5) is 23.5. The number of amides is 2. The Morgan fingerprint density at radius 3 is 2.55 bits per heavy atom. The molecule has 1 atom stereocenters. The summed E-state index contributed by atoms with van der Waals surface area (Å²) in [5, 5.41) is 5.35. The first-order valence-corrected chi connectivity index (χ1v) is 6.64. The molecule has 5 nitrogen and oxygen atoms in total. The lowest BCUT2D eigenvalue weighted by molar-refractivity contribution is -0.143. The number of hydrogen-bond acceptors (Lipinski definition) is 3. The van der Waals surface area contributed by atoms with Crippen LogP contribution in [0.1, 0.15) is 25.8 Å². The van der Waals surface area contributed by atoms with Crippen LogP contribution in [0.3, 0.4) is 0 Å². The van der Waals surface area contributed by atoms with Crippen molar-refractivity contribution in [2.24, 2.45) is 5.92 Å². The molecule has 0 spiro atoms. The van der Waals surface area contributed by atoms with E-state index in [1.54, 1.807) is 6.07 Å². The second kappa shape index (κ2) is 7.53. The van der Waals surface area contributed by atoms with Gasteiger partial charge in [0, 0.05) is 5.69 Å². The average molecular weight is 278 g/mol. The lowest BCUT2D eigenvalue weighted by Crippen LogP contribution is -2.44. The van der Waals surface area contributed by atoms with Crippen molar-refractivity contribution in [2.45, 2.75) is 33.2 Å². The van der Waals surface area contributed by atoms with Gasteiger partial charge in [0.05, 0.1) is 7.11 Å². The normalized spacial score (nSPS) is 11.8. The molecule has 0 aromatic heterocycles. The molecule has 0 radical (unpaired) electrons. The van der Waals surface area contributed by atoms with Crippen molar-refractivity contribution in [2.75, 3.05) is 12.4 Å². The van der Waals surface area contributed by atoms with Crippen molar-refractivity contribution < 1.29 is 14.3 Å². The highest BCUT2D eigenvalue weighted by molar-refractivity contribution is 5.92. The van der Waals surface area contributed by atoms with E-state index in [9.17, 15) is 9.59 Å². The number of aryl methyl sites for hydroxylation is 1. The maximum absolute atomic E-state index is 11.9. The van der Waals surface area contributed by atoms with Gasteiger partial charge in [0.1, 0.15) is 6.04 Å². The van der Waals surface area contributed by atoms with Crippen LogP contribution >= 0.6 is 0 Å². The third kappa shape index (κ3) is 5.30. The Morgan fingerprint density at radius 1 is 1.30 bits per heavy atom. The predicted octanol–water partition coefficient (Wildman–Crippen LogP) is 2.70. The number of carbonyl (C=O) groups excluding carboxylic acids is 2. The number of carbonyl (C=O) groups is 2. The van der Waals surface area contributed by atoms with Crippen molar-refractivity contribution in [1.29, 1.82) is 0 Å². The fourth-order valence-electron chi connectivity index (χ4n) is 1.88. The van der Waals surface area contributed by atoms with E-state index in [2.05, 4.69) is 10.6 Å². The molecule has 2 amide bonds. The zero-order valence-corrected chi connectivity index (χ0v) is 12.4. The summed E-state index contributed by atoms with van der Waals surface area (Å²) in [7, 11) is 1.32. The van der Waals surface area contributed by atoms with Gasteiger partial charge in [-0.2, -0.15) is 0 Å². The number of hydrogen-bond donors (Lipinski definition) is 2. The van der Waals surface area contributed by atoms with E-state index in [-0.39, 0.29) is 5.92 Å². The number of urea groups is 1. The van der Waals surface area contributed by atoms with Crippen LogP contribution in [0.5, 0.6) is 0 Å². The van der Waals surface area contributed by atoms with Crippen molar-refractivity contribution in [3.8, 4) is 0 Å². The van der Waals surface area contributed by atoms with Gasteiger partial charge in [-0.3, -0.25) is 0 Å². The van der Waals surface area contributed by atoms with Gasteiger partial charge < -0.3 is 15.4 Å². The van der Waals surface area contributed by atoms with E-state index in [4.69, 9.17) is 4.74 Å². The molecular formula is C15H22N2O3. The molecular weight excluding hydrogens is 256 g/mol. The SMILES string of the molecule is COC(=O)[C@H](CC(C)C)NC(=O)Nc1cccc(C)c1. The minimum Gasteiger partial charge on any atom is -0.467 e. The molecule has 1 aromatic rings. The molecule has 0 saturated heterocycles. The molecule has 1 rings (SSSR count). The van der Waals surface area contributed by atoms with Crippen molar-refractivity contribution in [3.05, 3.63) is 29.8 Å². The average Bonchev–Trinajstić information content (AvgIpc) is 2.36. The van der Waals surface area contributed by atoms with Crippen molar-refractivity contribution >= 4 is 17.7 Å². The van der Waals surface area contributed by atoms with Gasteiger partial charge in [-0.25, -0.2) is 9.59 Å². The third-order valence-electron chi connectivity index (χ3n) is 2.77. The Hall–Kier alpha value is -2.04. The summed E-state index contributed by atoms with van der Waals surface area (Å²) < 4.78 is 4.70. The molecule has 0 unspecified atom stereocenters. The van der Waals surface area contributed by atoms with Crippen LogP contribution in [0.4, 0.5) is 10.5 Å². The van der Waals surface area contributed by atoms with Crippen LogP contribution < -0.4 is 10.6 Å². The Balaban J connectivity index is 2.64. The van der Waals surface area contributed by atoms with Crippen LogP contribution in [0.25, 0.3) is 0 Å². The lowest BCUT2D eigenvalue weighted by atomic mass is 10.0. The zero-order chi connectivity index (χ0) is 15.1. The number of benzene rings is 1. The molecule has 2 N–H and O–H groups in total. The van der Waals surface area contributed by atoms with Crippen LogP contribution in [-0.4, -0.2) is 25.2 Å². The first-order valence-electron chi connectivity index (χ1n) is 6.64. The van der Waals surface area contributed by atoms with Gasteiger partial charge in [0.2, 0.25) is 0 Å². The molecule has 0 heterocycles. The van der Waals surface area contributed by atoms with E-state index >= 15 is 0 Å². The molecule has 0 aliphatic carbocycles. The summed E-state index contributed by atoms with van der Waals surface area (Å²) in [5.74, 6) is -0.156. The molecule has 0 aliphatic rings. The molecule has 0 fully saturated rings. The van der Waals surface area contributed by atoms with Crippen LogP contribution in [0.2, 0.25) is 0 Å². The number of anilines is 1. The first-order chi connectivity index (χ1) is 9.42. The Bertz CT molecular complexity index is 472. The van der Waals surface area contributed by atoms with E-state index in [0.717, 1.165) is 5.56 Å². The molecule has 0 aliphatic heterocycles. The standard InChI is InChI=1S/C15H22N2O3/c1-10(2)8-13(14(18)20-4)17-15(19)16-12-7-5-6-11(3)9-12/h5-7,9-10,13H,8H2,1-4H3,(H2,16,17,19)/t13-/m0/s1. The fourth-order valence-corrected chi connectivity index (χ4v) is 1.88. The molecule has 0 bridgehead atoms. The van der Waals surface area contributed by atoms with Gasteiger partial charge in [-0.15, -0.1) is 0 Å². The highest BCUT2D eigenvalue weighted by atomic mass is 16.5. The fraction of sp³-hybridized carbons (Fsp3) is 0.467. The third-order valence-corrected chi connectivity index (χ3v) is 2.77. The zero-order valence-electron chi connectivity index (χ0n) is 12.4. The first kappa shape index (κ1) is 16.0. The topological polar surface area (TPSA) is 67.4 Å². The van der Waals surface area contributed by atoms with E-state index in [1.165, 1.54) is 7.11 Å². The van der Waals surface area contributed by atoms with Crippen molar-refractivity contribution in [1.82, 2.24) is 5.32 Å². The maximum Gasteiger partial charge on any atom is 0.328 e. The van der Waals surface area contributed by atoms with Gasteiger partial charge in [-0.05, 0) is 37.0 Å². The summed E-state index contributed by atoms with van der Waals surface area (Å²) in [5.41, 5.74) is 1.74. The number of nitrogens with one attached hydrogen (secondary N) is 2. The van der Waals surface area contributed by atoms with Crippen LogP contribution in [0, 0.1) is 12.8 Å². The lowest BCUT2D eigenvalue weighted by Gasteiger charge is -2.18. The Morgan fingerprint density at radius 2 is 2.00 bits per heavy atom. The predicted molar refractivity (Wildman–Crippen MR) is 78.6 cm³/mol. The molecule has 20 heavy (non-hydrogen) atoms. The van der Waals surface area contributed by atoms with Crippen molar-refractivity contribution in [3.63, 3.8) is 0 Å². The van der Waals surface area contributed by atoms with E-state index in [1.807, 2.05) is 39.0 Å². The van der Waals surface area contributed by atoms with Gasteiger partial charge in [0.25, 0.3) is 0 Å². The summed E-state index contributed by atoms with van der Waals surface area (Å²) in [6.45, 7) is 5.91. The number of rotatable bonds is 5. The van der Waals surface area contributed by atoms with Crippen LogP contribution in [-0.2, 0) is 9.53 Å². The summed E-state index contributed by atoms with van der Waals surface area (Å²) >= 11 is 0. The largest absolute Gasteiger partial charge is 0.467 e. The second-order valence-corrected chi connectivity index (χ2v) is 5.17. The Labute approximate surface area is 119 Å². The quantitative estimate of drug-likeness (QED) is 0.814. The van der Waals surface area contributed by atoms with E-state index < -0.39 is 18.0 Å². The highest BCUT2D eigenvalue weighted by Crippen LogP contribution is 2.10. The van der Waals surface area contributed by atoms with E-state index in [0.29, 0.717) is 12.1 Å². The maximum atomic E-state index is 11.9. The monoisotopic (exact) mass is 278 g/mol. The summed E-state index contributed by atoms with van der Waals surface area (Å²) in [6.07, 6.45) is 0.536. The minimum absolute atomic E-state index is 0.276. The van der Waals surface area contributed by atoms with Gasteiger partial charge in [0.15, 0.2) is 0 Å². The molecule has 0 saturated carbocycles. The van der Waals surface area contributed by atoms with Crippen LogP contribution in [0.15, 0.2) is 24.3 Å². The Kier molecular flexibility index (Phi) is 6.03. The second-order valence-electron chi connectivity index (χ2n) is 5.17. The number of esters is 1. The summed E-state index contributed by atoms with van der Waals surface area (Å²) in [6, 6.07) is 6.41. The highest BCUT2D eigenvalue weighted by Gasteiger charge is 2.22. The molecule has 110 valence electrons. The molecule has 1 aromatic carbocycles. The number of ether oxygens (including phenoxy) is 1. The number of methoxy groups -OCH3 is 1. The smallest absolute Gasteiger partial charge is 0.328 e. The minimum atomic E-state index is -0.634. The van der Waals surface area contributed by atoms with Gasteiger partial charge >= 0.3 is 12.0 Å². The molecule has 5 heteroatoms.